The summed E-state index contributed by atoms with van der Waals surface area (Å²) in [6, 6.07) is 8.03. The maximum Gasteiger partial charge on any atom is 0.121 e. The monoisotopic (exact) mass is 274 g/mol. The first-order chi connectivity index (χ1) is 9.69. The molecule has 2 aliphatic heterocycles. The molecular weight excluding hydrogens is 248 g/mol. The Morgan fingerprint density at radius 1 is 1.25 bits per heavy atom. The van der Waals surface area contributed by atoms with Crippen LogP contribution in [0.2, 0.25) is 0 Å². The van der Waals surface area contributed by atoms with E-state index in [-0.39, 0.29) is 0 Å². The van der Waals surface area contributed by atoms with Crippen LogP contribution < -0.4 is 4.74 Å². The molecule has 3 nitrogen and oxygen atoms in total. The molecule has 3 heteroatoms. The van der Waals surface area contributed by atoms with E-state index in [1.165, 1.54) is 43.6 Å². The molecule has 2 heterocycles. The SMILES string of the molecule is COc1ccc(CN2CCN3CCCC3C2C)cc1C. The van der Waals surface area contributed by atoms with Crippen molar-refractivity contribution in [3.63, 3.8) is 0 Å². The average Bonchev–Trinajstić information content (AvgIpc) is 2.91. The summed E-state index contributed by atoms with van der Waals surface area (Å²) in [5, 5.41) is 0. The fourth-order valence-electron chi connectivity index (χ4n) is 3.88. The molecule has 3 rings (SSSR count). The van der Waals surface area contributed by atoms with Crippen LogP contribution in [0.3, 0.4) is 0 Å². The van der Waals surface area contributed by atoms with Crippen LogP contribution in [0.25, 0.3) is 0 Å². The molecule has 2 saturated heterocycles. The van der Waals surface area contributed by atoms with Gasteiger partial charge in [0.1, 0.15) is 5.75 Å². The maximum atomic E-state index is 5.35. The zero-order valence-corrected chi connectivity index (χ0v) is 12.9. The third-order valence-electron chi connectivity index (χ3n) is 5.07. The van der Waals surface area contributed by atoms with Gasteiger partial charge < -0.3 is 4.74 Å². The van der Waals surface area contributed by atoms with Crippen LogP contribution in [0.5, 0.6) is 5.75 Å². The third-order valence-corrected chi connectivity index (χ3v) is 5.07. The lowest BCUT2D eigenvalue weighted by molar-refractivity contribution is 0.0470. The fourth-order valence-corrected chi connectivity index (χ4v) is 3.88. The Morgan fingerprint density at radius 3 is 2.85 bits per heavy atom. The summed E-state index contributed by atoms with van der Waals surface area (Å²) in [5.41, 5.74) is 2.64. The van der Waals surface area contributed by atoms with Gasteiger partial charge in [0, 0.05) is 31.7 Å². The predicted octanol–water partition coefficient (Wildman–Crippen LogP) is 2.67. The molecule has 1 aromatic carbocycles. The molecule has 0 spiro atoms. The molecule has 0 bridgehead atoms. The molecule has 0 amide bonds. The smallest absolute Gasteiger partial charge is 0.121 e. The number of hydrogen-bond acceptors (Lipinski definition) is 3. The molecule has 0 aliphatic carbocycles. The summed E-state index contributed by atoms with van der Waals surface area (Å²) in [6.07, 6.45) is 2.75. The highest BCUT2D eigenvalue weighted by Crippen LogP contribution is 2.28. The Labute approximate surface area is 122 Å². The van der Waals surface area contributed by atoms with E-state index in [9.17, 15) is 0 Å². The molecule has 0 aromatic heterocycles. The Bertz CT molecular complexity index is 474. The van der Waals surface area contributed by atoms with Crippen molar-refractivity contribution in [1.29, 1.82) is 0 Å². The number of ether oxygens (including phenoxy) is 1. The minimum absolute atomic E-state index is 0.675. The van der Waals surface area contributed by atoms with Gasteiger partial charge in [-0.25, -0.2) is 0 Å². The van der Waals surface area contributed by atoms with Gasteiger partial charge in [-0.2, -0.15) is 0 Å². The number of aryl methyl sites for hydroxylation is 1. The zero-order valence-electron chi connectivity index (χ0n) is 12.9. The first kappa shape index (κ1) is 13.9. The lowest BCUT2D eigenvalue weighted by Crippen LogP contribution is -2.55. The Morgan fingerprint density at radius 2 is 2.10 bits per heavy atom. The van der Waals surface area contributed by atoms with E-state index in [1.54, 1.807) is 7.11 Å². The number of fused-ring (bicyclic) bond motifs is 1. The minimum atomic E-state index is 0.675. The second kappa shape index (κ2) is 5.74. The van der Waals surface area contributed by atoms with Gasteiger partial charge in [-0.1, -0.05) is 12.1 Å². The standard InChI is InChI=1S/C17H26N2O/c1-13-11-15(6-7-17(13)20-3)12-19-10-9-18-8-4-5-16(18)14(19)2/h6-7,11,14,16H,4-5,8-10,12H2,1-3H3. The number of nitrogens with zero attached hydrogens (tertiary/aromatic N) is 2. The molecule has 0 saturated carbocycles. The van der Waals surface area contributed by atoms with Crippen molar-refractivity contribution in [3.05, 3.63) is 29.3 Å². The number of rotatable bonds is 3. The van der Waals surface area contributed by atoms with Crippen molar-refractivity contribution < 1.29 is 4.74 Å². The van der Waals surface area contributed by atoms with Gasteiger partial charge in [0.2, 0.25) is 0 Å². The van der Waals surface area contributed by atoms with Crippen LogP contribution in [0.15, 0.2) is 18.2 Å². The second-order valence-electron chi connectivity index (χ2n) is 6.26. The van der Waals surface area contributed by atoms with Crippen LogP contribution in [0.4, 0.5) is 0 Å². The van der Waals surface area contributed by atoms with E-state index in [4.69, 9.17) is 4.74 Å². The molecule has 2 atom stereocenters. The van der Waals surface area contributed by atoms with Crippen LogP contribution in [-0.4, -0.2) is 48.6 Å². The highest BCUT2D eigenvalue weighted by atomic mass is 16.5. The number of methoxy groups -OCH3 is 1. The first-order valence-electron chi connectivity index (χ1n) is 7.80. The van der Waals surface area contributed by atoms with E-state index in [1.807, 2.05) is 0 Å². The summed E-state index contributed by atoms with van der Waals surface area (Å²) >= 11 is 0. The molecule has 2 fully saturated rings. The van der Waals surface area contributed by atoms with Crippen molar-refractivity contribution in [2.75, 3.05) is 26.7 Å². The van der Waals surface area contributed by atoms with Crippen LogP contribution >= 0.6 is 0 Å². The van der Waals surface area contributed by atoms with Crippen molar-refractivity contribution in [1.82, 2.24) is 9.80 Å². The largest absolute Gasteiger partial charge is 0.496 e. The van der Waals surface area contributed by atoms with Crippen molar-refractivity contribution in [2.45, 2.75) is 45.3 Å². The summed E-state index contributed by atoms with van der Waals surface area (Å²) < 4.78 is 5.35. The fraction of sp³-hybridized carbons (Fsp3) is 0.647. The second-order valence-corrected chi connectivity index (χ2v) is 6.26. The van der Waals surface area contributed by atoms with Crippen molar-refractivity contribution >= 4 is 0 Å². The minimum Gasteiger partial charge on any atom is -0.496 e. The third kappa shape index (κ3) is 2.57. The van der Waals surface area contributed by atoms with Gasteiger partial charge in [0.25, 0.3) is 0 Å². The summed E-state index contributed by atoms with van der Waals surface area (Å²) in [7, 11) is 1.74. The topological polar surface area (TPSA) is 15.7 Å². The Hall–Kier alpha value is -1.06. The average molecular weight is 274 g/mol. The van der Waals surface area contributed by atoms with E-state index < -0.39 is 0 Å². The summed E-state index contributed by atoms with van der Waals surface area (Å²) in [5.74, 6) is 0.988. The van der Waals surface area contributed by atoms with Crippen molar-refractivity contribution in [3.8, 4) is 5.75 Å². The first-order valence-corrected chi connectivity index (χ1v) is 7.80. The molecule has 2 aliphatic rings. The molecule has 20 heavy (non-hydrogen) atoms. The summed E-state index contributed by atoms with van der Waals surface area (Å²) in [6.45, 7) is 9.34. The Balaban J connectivity index is 1.69. The van der Waals surface area contributed by atoms with Gasteiger partial charge in [-0.3, -0.25) is 9.80 Å². The normalized spacial score (nSPS) is 27.6. The molecule has 0 N–H and O–H groups in total. The van der Waals surface area contributed by atoms with Gasteiger partial charge in [-0.05, 0) is 50.4 Å². The molecule has 1 aromatic rings. The van der Waals surface area contributed by atoms with Crippen molar-refractivity contribution in [2.24, 2.45) is 0 Å². The van der Waals surface area contributed by atoms with E-state index >= 15 is 0 Å². The van der Waals surface area contributed by atoms with E-state index in [0.717, 1.165) is 18.3 Å². The maximum absolute atomic E-state index is 5.35. The lowest BCUT2D eigenvalue weighted by Gasteiger charge is -2.43. The van der Waals surface area contributed by atoms with Gasteiger partial charge in [0.05, 0.1) is 7.11 Å². The predicted molar refractivity (Wildman–Crippen MR) is 82.2 cm³/mol. The molecule has 0 radical (unpaired) electrons. The van der Waals surface area contributed by atoms with Crippen LogP contribution in [0, 0.1) is 6.92 Å². The Kier molecular flexibility index (Phi) is 3.99. The number of benzene rings is 1. The van der Waals surface area contributed by atoms with E-state index in [0.29, 0.717) is 6.04 Å². The highest BCUT2D eigenvalue weighted by Gasteiger charge is 2.36. The van der Waals surface area contributed by atoms with E-state index in [2.05, 4.69) is 41.8 Å². The molecule has 110 valence electrons. The van der Waals surface area contributed by atoms with Gasteiger partial charge in [-0.15, -0.1) is 0 Å². The summed E-state index contributed by atoms with van der Waals surface area (Å²) in [4.78, 5) is 5.33. The van der Waals surface area contributed by atoms with Gasteiger partial charge >= 0.3 is 0 Å². The number of hydrogen-bond donors (Lipinski definition) is 0. The lowest BCUT2D eigenvalue weighted by atomic mass is 10.0. The zero-order chi connectivity index (χ0) is 14.1. The van der Waals surface area contributed by atoms with Crippen LogP contribution in [-0.2, 0) is 6.54 Å². The quantitative estimate of drug-likeness (QED) is 0.843. The number of piperazine rings is 1. The van der Waals surface area contributed by atoms with Crippen LogP contribution in [0.1, 0.15) is 30.9 Å². The van der Waals surface area contributed by atoms with Gasteiger partial charge in [0.15, 0.2) is 0 Å². The highest BCUT2D eigenvalue weighted by molar-refractivity contribution is 5.36. The molecular formula is C17H26N2O. The molecule has 2 unspecified atom stereocenters.